The Kier molecular flexibility index (Phi) is 3.54. The van der Waals surface area contributed by atoms with Crippen molar-refractivity contribution in [3.8, 4) is 0 Å². The molecule has 1 aromatic rings. The van der Waals surface area contributed by atoms with Crippen molar-refractivity contribution in [3.05, 3.63) is 26.6 Å². The van der Waals surface area contributed by atoms with Gasteiger partial charge in [-0.05, 0) is 40.9 Å². The quantitative estimate of drug-likeness (QED) is 0.848. The number of ether oxygens (including phenoxy) is 1. The molecule has 1 aromatic carbocycles. The zero-order chi connectivity index (χ0) is 11.7. The molecule has 0 saturated heterocycles. The van der Waals surface area contributed by atoms with Crippen LogP contribution in [0.3, 0.4) is 0 Å². The molecule has 2 rings (SSSR count). The monoisotopic (exact) mass is 347 g/mol. The molecule has 16 heavy (non-hydrogen) atoms. The number of benzene rings is 1. The number of carbonyl (C=O) groups excluding carboxylic acids is 1. The molecule has 86 valence electrons. The number of nitrogens with one attached hydrogen (secondary N) is 1. The number of hydrogen-bond acceptors (Lipinski definition) is 3. The largest absolute Gasteiger partial charge is 0.465 e. The maximum atomic E-state index is 11.6. The van der Waals surface area contributed by atoms with Crippen LogP contribution in [0.5, 0.6) is 0 Å². The Morgan fingerprint density at radius 3 is 2.69 bits per heavy atom. The Hall–Kier alpha value is -0.550. The lowest BCUT2D eigenvalue weighted by molar-refractivity contribution is 0.0601. The second kappa shape index (κ2) is 4.75. The fraction of sp³-hybridized carbons (Fsp3) is 0.364. The number of rotatable bonds is 3. The number of carbonyl (C=O) groups is 1. The molecule has 5 heteroatoms. The van der Waals surface area contributed by atoms with E-state index in [0.717, 1.165) is 27.5 Å². The summed E-state index contributed by atoms with van der Waals surface area (Å²) in [5.74, 6) is -0.329. The van der Waals surface area contributed by atoms with Crippen molar-refractivity contribution >= 4 is 43.5 Å². The minimum absolute atomic E-state index is 0.329. The molecule has 0 bridgehead atoms. The van der Waals surface area contributed by atoms with Crippen LogP contribution in [-0.2, 0) is 4.74 Å². The van der Waals surface area contributed by atoms with Gasteiger partial charge in [0.05, 0.1) is 18.4 Å². The Balaban J connectivity index is 2.40. The van der Waals surface area contributed by atoms with Crippen LogP contribution in [0.2, 0.25) is 0 Å². The first-order valence-corrected chi connectivity index (χ1v) is 6.54. The Morgan fingerprint density at radius 1 is 1.44 bits per heavy atom. The zero-order valence-corrected chi connectivity index (χ0v) is 11.9. The summed E-state index contributed by atoms with van der Waals surface area (Å²) in [5.41, 5.74) is 1.37. The third kappa shape index (κ3) is 2.58. The molecular formula is C11H11Br2NO2. The lowest BCUT2D eigenvalue weighted by Gasteiger charge is -2.12. The van der Waals surface area contributed by atoms with Gasteiger partial charge in [-0.15, -0.1) is 0 Å². The van der Waals surface area contributed by atoms with E-state index in [1.807, 2.05) is 6.07 Å². The van der Waals surface area contributed by atoms with E-state index in [1.165, 1.54) is 7.11 Å². The molecule has 0 radical (unpaired) electrons. The van der Waals surface area contributed by atoms with E-state index in [1.54, 1.807) is 6.07 Å². The molecule has 1 aliphatic carbocycles. The molecule has 0 spiro atoms. The van der Waals surface area contributed by atoms with E-state index in [4.69, 9.17) is 4.74 Å². The third-order valence-electron chi connectivity index (χ3n) is 2.39. The van der Waals surface area contributed by atoms with Crippen molar-refractivity contribution in [1.82, 2.24) is 0 Å². The van der Waals surface area contributed by atoms with Gasteiger partial charge in [-0.2, -0.15) is 0 Å². The van der Waals surface area contributed by atoms with Gasteiger partial charge in [0, 0.05) is 15.0 Å². The average Bonchev–Trinajstić information content (AvgIpc) is 3.04. The van der Waals surface area contributed by atoms with Crippen molar-refractivity contribution in [3.63, 3.8) is 0 Å². The van der Waals surface area contributed by atoms with Crippen LogP contribution < -0.4 is 5.32 Å². The second-order valence-corrected chi connectivity index (χ2v) is 5.49. The van der Waals surface area contributed by atoms with Crippen LogP contribution in [0.15, 0.2) is 21.1 Å². The first-order valence-electron chi connectivity index (χ1n) is 4.95. The maximum Gasteiger partial charge on any atom is 0.340 e. The summed E-state index contributed by atoms with van der Waals surface area (Å²) in [6, 6.07) is 4.17. The van der Waals surface area contributed by atoms with Gasteiger partial charge in [-0.25, -0.2) is 4.79 Å². The second-order valence-electron chi connectivity index (χ2n) is 3.72. The molecule has 0 atom stereocenters. The van der Waals surface area contributed by atoms with E-state index in [2.05, 4.69) is 37.2 Å². The summed E-state index contributed by atoms with van der Waals surface area (Å²) in [6.45, 7) is 0. The van der Waals surface area contributed by atoms with Crippen molar-refractivity contribution in [2.45, 2.75) is 18.9 Å². The van der Waals surface area contributed by atoms with Gasteiger partial charge in [0.1, 0.15) is 0 Å². The maximum absolute atomic E-state index is 11.6. The van der Waals surface area contributed by atoms with Gasteiger partial charge in [0.2, 0.25) is 0 Å². The highest BCUT2D eigenvalue weighted by atomic mass is 79.9. The normalized spacial score (nSPS) is 14.7. The highest BCUT2D eigenvalue weighted by molar-refractivity contribution is 9.11. The fourth-order valence-electron chi connectivity index (χ4n) is 1.42. The van der Waals surface area contributed by atoms with Gasteiger partial charge in [0.25, 0.3) is 0 Å². The van der Waals surface area contributed by atoms with Crippen LogP contribution in [0, 0.1) is 0 Å². The van der Waals surface area contributed by atoms with Gasteiger partial charge in [-0.3, -0.25) is 0 Å². The number of anilines is 1. The van der Waals surface area contributed by atoms with E-state index >= 15 is 0 Å². The summed E-state index contributed by atoms with van der Waals surface area (Å²) >= 11 is 6.81. The minimum atomic E-state index is -0.329. The summed E-state index contributed by atoms with van der Waals surface area (Å²) in [6.07, 6.45) is 2.31. The smallest absolute Gasteiger partial charge is 0.340 e. The highest BCUT2D eigenvalue weighted by Crippen LogP contribution is 2.35. The van der Waals surface area contributed by atoms with E-state index in [-0.39, 0.29) is 5.97 Å². The van der Waals surface area contributed by atoms with E-state index in [9.17, 15) is 4.79 Å². The summed E-state index contributed by atoms with van der Waals surface area (Å²) in [7, 11) is 1.39. The fourth-order valence-corrected chi connectivity index (χ4v) is 2.76. The van der Waals surface area contributed by atoms with Crippen molar-refractivity contribution in [1.29, 1.82) is 0 Å². The Labute approximate surface area is 111 Å². The van der Waals surface area contributed by atoms with E-state index in [0.29, 0.717) is 11.6 Å². The summed E-state index contributed by atoms with van der Waals surface area (Å²) in [4.78, 5) is 11.6. The lowest BCUT2D eigenvalue weighted by atomic mass is 10.2. The number of hydrogen-bond donors (Lipinski definition) is 1. The third-order valence-corrected chi connectivity index (χ3v) is 3.47. The molecular weight excluding hydrogens is 338 g/mol. The van der Waals surface area contributed by atoms with Crippen LogP contribution in [0.1, 0.15) is 23.2 Å². The predicted octanol–water partition coefficient (Wildman–Crippen LogP) is 3.57. The number of methoxy groups -OCH3 is 1. The number of esters is 1. The Bertz CT molecular complexity index is 430. The van der Waals surface area contributed by atoms with Crippen LogP contribution in [0.4, 0.5) is 5.69 Å². The standard InChI is InChI=1S/C11H11Br2NO2/c1-16-11(15)8-4-6(12)5-9(13)10(8)14-7-2-3-7/h4-5,7,14H,2-3H2,1H3. The van der Waals surface area contributed by atoms with Crippen molar-refractivity contribution in [2.75, 3.05) is 12.4 Å². The van der Waals surface area contributed by atoms with Crippen LogP contribution in [-0.4, -0.2) is 19.1 Å². The first kappa shape index (κ1) is 11.9. The van der Waals surface area contributed by atoms with Crippen LogP contribution in [0.25, 0.3) is 0 Å². The molecule has 1 fully saturated rings. The van der Waals surface area contributed by atoms with E-state index < -0.39 is 0 Å². The SMILES string of the molecule is COC(=O)c1cc(Br)cc(Br)c1NC1CC1. The molecule has 0 heterocycles. The van der Waals surface area contributed by atoms with Gasteiger partial charge in [0.15, 0.2) is 0 Å². The van der Waals surface area contributed by atoms with Gasteiger partial charge in [-0.1, -0.05) is 15.9 Å². The van der Waals surface area contributed by atoms with Crippen molar-refractivity contribution < 1.29 is 9.53 Å². The summed E-state index contributed by atoms with van der Waals surface area (Å²) in [5, 5.41) is 3.33. The predicted molar refractivity (Wildman–Crippen MR) is 69.8 cm³/mol. The molecule has 0 aromatic heterocycles. The molecule has 1 aliphatic rings. The molecule has 3 nitrogen and oxygen atoms in total. The molecule has 1 saturated carbocycles. The molecule has 1 N–H and O–H groups in total. The average molecular weight is 349 g/mol. The lowest BCUT2D eigenvalue weighted by Crippen LogP contribution is -2.10. The first-order chi connectivity index (χ1) is 7.61. The number of halogens is 2. The molecule has 0 unspecified atom stereocenters. The molecule has 0 amide bonds. The van der Waals surface area contributed by atoms with Gasteiger partial charge < -0.3 is 10.1 Å². The Morgan fingerprint density at radius 2 is 2.12 bits per heavy atom. The zero-order valence-electron chi connectivity index (χ0n) is 8.72. The van der Waals surface area contributed by atoms with Gasteiger partial charge >= 0.3 is 5.97 Å². The molecule has 0 aliphatic heterocycles. The highest BCUT2D eigenvalue weighted by Gasteiger charge is 2.25. The topological polar surface area (TPSA) is 38.3 Å². The minimum Gasteiger partial charge on any atom is -0.465 e. The summed E-state index contributed by atoms with van der Waals surface area (Å²) < 4.78 is 6.49. The van der Waals surface area contributed by atoms with Crippen LogP contribution >= 0.6 is 31.9 Å². The van der Waals surface area contributed by atoms with Crippen molar-refractivity contribution in [2.24, 2.45) is 0 Å².